The summed E-state index contributed by atoms with van der Waals surface area (Å²) in [6.45, 7) is 0. The highest BCUT2D eigenvalue weighted by Gasteiger charge is 2.20. The first kappa shape index (κ1) is 14.4. The lowest BCUT2D eigenvalue weighted by Gasteiger charge is -2.10. The van der Waals surface area contributed by atoms with E-state index in [4.69, 9.17) is 5.73 Å². The summed E-state index contributed by atoms with van der Waals surface area (Å²) < 4.78 is 5.28. The van der Waals surface area contributed by atoms with Gasteiger partial charge in [-0.1, -0.05) is 0 Å². The number of hydrogen-bond donors (Lipinski definition) is 1. The lowest BCUT2D eigenvalue weighted by molar-refractivity contribution is 0.0998. The maximum atomic E-state index is 11.3. The summed E-state index contributed by atoms with van der Waals surface area (Å²) in [6, 6.07) is 0. The standard InChI is InChI=1S/C7H2I5NO/c8-2-1(7(13)14)3(9)5(11)6(12)4(2)10/h(H2,13,14). The average molecular weight is 751 g/mol. The summed E-state index contributed by atoms with van der Waals surface area (Å²) in [7, 11) is 0. The van der Waals surface area contributed by atoms with Gasteiger partial charge in [-0.2, -0.15) is 0 Å². The van der Waals surface area contributed by atoms with Gasteiger partial charge in [0.05, 0.1) is 5.56 Å². The fraction of sp³-hybridized carbons (Fsp3) is 0. The molecule has 1 aromatic rings. The van der Waals surface area contributed by atoms with Crippen molar-refractivity contribution in [3.05, 3.63) is 23.4 Å². The van der Waals surface area contributed by atoms with Gasteiger partial charge in [0.2, 0.25) is 0 Å². The molecule has 0 spiro atoms. The van der Waals surface area contributed by atoms with E-state index in [0.29, 0.717) is 5.56 Å². The molecule has 76 valence electrons. The van der Waals surface area contributed by atoms with Crippen LogP contribution < -0.4 is 5.73 Å². The molecule has 1 rings (SSSR count). The van der Waals surface area contributed by atoms with Crippen LogP contribution >= 0.6 is 113 Å². The summed E-state index contributed by atoms with van der Waals surface area (Å²) in [4.78, 5) is 11.3. The van der Waals surface area contributed by atoms with Crippen LogP contribution in [0, 0.1) is 17.9 Å². The molecule has 0 radical (unpaired) electrons. The molecule has 0 aliphatic rings. The van der Waals surface area contributed by atoms with Gasteiger partial charge in [-0.05, 0) is 113 Å². The van der Waals surface area contributed by atoms with Gasteiger partial charge >= 0.3 is 0 Å². The predicted molar refractivity (Wildman–Crippen MR) is 98.5 cm³/mol. The first-order chi connectivity index (χ1) is 6.37. The summed E-state index contributed by atoms with van der Waals surface area (Å²) in [6.07, 6.45) is 0. The lowest BCUT2D eigenvalue weighted by atomic mass is 10.2. The summed E-state index contributed by atoms with van der Waals surface area (Å²) in [5.41, 5.74) is 5.98. The van der Waals surface area contributed by atoms with Gasteiger partial charge in [0.1, 0.15) is 0 Å². The molecule has 0 fully saturated rings. The molecule has 2 N–H and O–H groups in total. The molecular formula is C7H2I5NO. The minimum absolute atomic E-state index is 0.356. The van der Waals surface area contributed by atoms with Gasteiger partial charge in [0.25, 0.3) is 5.91 Å². The van der Waals surface area contributed by atoms with E-state index in [9.17, 15) is 4.79 Å². The fourth-order valence-electron chi connectivity index (χ4n) is 0.821. The molecule has 0 saturated heterocycles. The Kier molecular flexibility index (Phi) is 5.96. The van der Waals surface area contributed by atoms with Gasteiger partial charge in [-0.25, -0.2) is 0 Å². The molecular weight excluding hydrogens is 749 g/mol. The molecule has 14 heavy (non-hydrogen) atoms. The van der Waals surface area contributed by atoms with Crippen LogP contribution in [0.4, 0.5) is 0 Å². The molecule has 1 amide bonds. The Morgan fingerprint density at radius 1 is 0.786 bits per heavy atom. The molecule has 0 aliphatic carbocycles. The van der Waals surface area contributed by atoms with Crippen LogP contribution in [0.3, 0.4) is 0 Å². The molecule has 1 aromatic carbocycles. The van der Waals surface area contributed by atoms with Crippen LogP contribution in [0.15, 0.2) is 0 Å². The molecule has 7 heteroatoms. The zero-order chi connectivity index (χ0) is 11.0. The van der Waals surface area contributed by atoms with Crippen molar-refractivity contribution >= 4 is 119 Å². The normalized spacial score (nSPS) is 10.4. The molecule has 0 bridgehead atoms. The van der Waals surface area contributed by atoms with Crippen LogP contribution in [0.5, 0.6) is 0 Å². The van der Waals surface area contributed by atoms with Crippen molar-refractivity contribution in [3.63, 3.8) is 0 Å². The van der Waals surface area contributed by atoms with E-state index in [1.165, 1.54) is 3.57 Å². The van der Waals surface area contributed by atoms with E-state index >= 15 is 0 Å². The van der Waals surface area contributed by atoms with E-state index in [0.717, 1.165) is 14.3 Å². The monoisotopic (exact) mass is 751 g/mol. The number of hydrogen-bond acceptors (Lipinski definition) is 1. The third-order valence-electron chi connectivity index (χ3n) is 1.46. The highest BCUT2D eigenvalue weighted by molar-refractivity contribution is 14.1. The van der Waals surface area contributed by atoms with Crippen LogP contribution in [0.1, 0.15) is 10.4 Å². The second-order valence-corrected chi connectivity index (χ2v) is 7.70. The number of nitrogens with two attached hydrogens (primary N) is 1. The number of carbonyl (C=O) groups excluding carboxylic acids is 1. The van der Waals surface area contributed by atoms with E-state index in [1.54, 1.807) is 0 Å². The van der Waals surface area contributed by atoms with Gasteiger partial charge < -0.3 is 5.73 Å². The van der Waals surface area contributed by atoms with Gasteiger partial charge in [-0.15, -0.1) is 0 Å². The zero-order valence-electron chi connectivity index (χ0n) is 6.38. The Morgan fingerprint density at radius 2 is 1.07 bits per heavy atom. The van der Waals surface area contributed by atoms with Crippen molar-refractivity contribution in [3.8, 4) is 0 Å². The second-order valence-electron chi connectivity index (χ2n) is 2.31. The maximum absolute atomic E-state index is 11.3. The maximum Gasteiger partial charge on any atom is 0.250 e. The summed E-state index contributed by atoms with van der Waals surface area (Å²) >= 11 is 11.1. The highest BCUT2D eigenvalue weighted by atomic mass is 127. The molecule has 0 heterocycles. The summed E-state index contributed by atoms with van der Waals surface area (Å²) in [5.74, 6) is -0.356. The Hall–Kier alpha value is 2.34. The van der Waals surface area contributed by atoms with Crippen molar-refractivity contribution in [2.24, 2.45) is 5.73 Å². The predicted octanol–water partition coefficient (Wildman–Crippen LogP) is 3.81. The quantitative estimate of drug-likeness (QED) is 0.265. The van der Waals surface area contributed by atoms with Crippen molar-refractivity contribution < 1.29 is 4.79 Å². The number of carbonyl (C=O) groups is 1. The number of rotatable bonds is 1. The van der Waals surface area contributed by atoms with Crippen LogP contribution in [0.2, 0.25) is 0 Å². The Balaban J connectivity index is 3.68. The summed E-state index contributed by atoms with van der Waals surface area (Å²) in [5, 5.41) is 0. The molecule has 0 unspecified atom stereocenters. The lowest BCUT2D eigenvalue weighted by Crippen LogP contribution is -2.17. The molecule has 0 aromatic heterocycles. The van der Waals surface area contributed by atoms with Gasteiger partial charge in [-0.3, -0.25) is 4.79 Å². The minimum atomic E-state index is -0.356. The van der Waals surface area contributed by atoms with Crippen molar-refractivity contribution in [2.75, 3.05) is 0 Å². The molecule has 0 saturated carbocycles. The van der Waals surface area contributed by atoms with Crippen LogP contribution in [0.25, 0.3) is 0 Å². The van der Waals surface area contributed by atoms with Crippen LogP contribution in [-0.2, 0) is 0 Å². The van der Waals surface area contributed by atoms with Crippen molar-refractivity contribution in [2.45, 2.75) is 0 Å². The average Bonchev–Trinajstić information content (AvgIpc) is 2.11. The van der Waals surface area contributed by atoms with E-state index < -0.39 is 0 Å². The Labute approximate surface area is 150 Å². The van der Waals surface area contributed by atoms with Crippen molar-refractivity contribution in [1.82, 2.24) is 0 Å². The van der Waals surface area contributed by atoms with Gasteiger partial charge in [0, 0.05) is 17.9 Å². The Morgan fingerprint density at radius 3 is 1.36 bits per heavy atom. The fourth-order valence-corrected chi connectivity index (χ4v) is 6.11. The third-order valence-corrected chi connectivity index (χ3v) is 11.0. The first-order valence-corrected chi connectivity index (χ1v) is 8.58. The van der Waals surface area contributed by atoms with E-state index in [1.807, 2.05) is 0 Å². The largest absolute Gasteiger partial charge is 0.366 e. The second kappa shape index (κ2) is 5.79. The van der Waals surface area contributed by atoms with Gasteiger partial charge in [0.15, 0.2) is 0 Å². The topological polar surface area (TPSA) is 43.1 Å². The number of halogens is 5. The zero-order valence-corrected chi connectivity index (χ0v) is 17.2. The smallest absolute Gasteiger partial charge is 0.250 e. The minimum Gasteiger partial charge on any atom is -0.366 e. The molecule has 0 aliphatic heterocycles. The van der Waals surface area contributed by atoms with Crippen molar-refractivity contribution in [1.29, 1.82) is 0 Å². The highest BCUT2D eigenvalue weighted by Crippen LogP contribution is 2.33. The molecule has 0 atom stereocenters. The number of benzene rings is 1. The first-order valence-electron chi connectivity index (χ1n) is 3.19. The SMILES string of the molecule is NC(=O)c1c(I)c(I)c(I)c(I)c1I. The van der Waals surface area contributed by atoms with E-state index in [2.05, 4.69) is 113 Å². The van der Waals surface area contributed by atoms with E-state index in [-0.39, 0.29) is 5.91 Å². The Bertz CT molecular complexity index is 388. The number of primary amides is 1. The molecule has 2 nitrogen and oxygen atoms in total. The van der Waals surface area contributed by atoms with Crippen LogP contribution in [-0.4, -0.2) is 5.91 Å². The third kappa shape index (κ3) is 2.77. The number of amides is 1.